The van der Waals surface area contributed by atoms with Crippen LogP contribution in [0.1, 0.15) is 11.7 Å². The van der Waals surface area contributed by atoms with Crippen molar-refractivity contribution in [2.75, 3.05) is 31.7 Å². The van der Waals surface area contributed by atoms with Crippen LogP contribution in [0, 0.1) is 0 Å². The van der Waals surface area contributed by atoms with Crippen LogP contribution in [0.15, 0.2) is 78.9 Å². The molecule has 0 spiro atoms. The Morgan fingerprint density at radius 3 is 2.53 bits per heavy atom. The average Bonchev–Trinajstić information content (AvgIpc) is 2.84. The molecule has 0 aliphatic carbocycles. The molecule has 0 bridgehead atoms. The second-order valence-corrected chi connectivity index (χ2v) is 7.42. The topological polar surface area (TPSA) is 47.5 Å². The first kappa shape index (κ1) is 18.6. The molecule has 30 heavy (non-hydrogen) atoms. The molecule has 1 atom stereocenters. The number of morpholine rings is 1. The molecule has 1 aromatic heterocycles. The fourth-order valence-corrected chi connectivity index (χ4v) is 3.89. The molecule has 1 saturated heterocycles. The molecular formula is C25H23N3O2. The zero-order valence-electron chi connectivity index (χ0n) is 16.9. The summed E-state index contributed by atoms with van der Waals surface area (Å²) in [7, 11) is 1.69. The zero-order chi connectivity index (χ0) is 20.3. The van der Waals surface area contributed by atoms with Gasteiger partial charge in [-0.15, -0.1) is 10.2 Å². The van der Waals surface area contributed by atoms with E-state index in [-0.39, 0.29) is 6.10 Å². The van der Waals surface area contributed by atoms with Crippen LogP contribution < -0.4 is 9.64 Å². The average molecular weight is 397 g/mol. The first-order valence-corrected chi connectivity index (χ1v) is 10.1. The molecule has 5 rings (SSSR count). The second kappa shape index (κ2) is 8.13. The third-order valence-corrected chi connectivity index (χ3v) is 5.55. The maximum absolute atomic E-state index is 6.09. The standard InChI is InChI=1S/C25H23N3O2/c1-29-22-10-9-19-15-21(8-7-20(19)16-22)24-17-28(13-14-30-24)25-12-11-23(26-27-25)18-5-3-2-4-6-18/h2-12,15-16,24H,13-14,17H2,1H3/t24-/m1/s1. The van der Waals surface area contributed by atoms with Gasteiger partial charge in [0.05, 0.1) is 19.4 Å². The lowest BCUT2D eigenvalue weighted by Gasteiger charge is -2.33. The van der Waals surface area contributed by atoms with Gasteiger partial charge in [0.15, 0.2) is 5.82 Å². The zero-order valence-corrected chi connectivity index (χ0v) is 16.9. The summed E-state index contributed by atoms with van der Waals surface area (Å²) in [6.07, 6.45) is 0.000788. The molecule has 150 valence electrons. The van der Waals surface area contributed by atoms with Gasteiger partial charge in [0.1, 0.15) is 11.9 Å². The molecule has 1 aliphatic rings. The minimum absolute atomic E-state index is 0.000788. The van der Waals surface area contributed by atoms with Crippen LogP contribution >= 0.6 is 0 Å². The Bertz CT molecular complexity index is 1150. The Hall–Kier alpha value is -3.44. The first-order valence-electron chi connectivity index (χ1n) is 10.1. The van der Waals surface area contributed by atoms with Gasteiger partial charge in [0.25, 0.3) is 0 Å². The molecule has 0 radical (unpaired) electrons. The van der Waals surface area contributed by atoms with E-state index < -0.39 is 0 Å². The van der Waals surface area contributed by atoms with Crippen molar-refractivity contribution in [3.8, 4) is 17.0 Å². The Morgan fingerprint density at radius 2 is 1.73 bits per heavy atom. The highest BCUT2D eigenvalue weighted by atomic mass is 16.5. The number of hydrogen-bond donors (Lipinski definition) is 0. The smallest absolute Gasteiger partial charge is 0.151 e. The van der Waals surface area contributed by atoms with Crippen molar-refractivity contribution in [2.45, 2.75) is 6.10 Å². The SMILES string of the molecule is COc1ccc2cc([C@H]3CN(c4ccc(-c5ccccc5)nn4)CCO3)ccc2c1. The number of anilines is 1. The summed E-state index contributed by atoms with van der Waals surface area (Å²) in [5.74, 6) is 1.75. The lowest BCUT2D eigenvalue weighted by molar-refractivity contribution is 0.0395. The first-order chi connectivity index (χ1) is 14.8. The maximum Gasteiger partial charge on any atom is 0.151 e. The number of ether oxygens (including phenoxy) is 2. The molecule has 4 aromatic rings. The third kappa shape index (κ3) is 3.72. The van der Waals surface area contributed by atoms with Gasteiger partial charge < -0.3 is 14.4 Å². The van der Waals surface area contributed by atoms with Gasteiger partial charge in [-0.1, -0.05) is 48.5 Å². The van der Waals surface area contributed by atoms with Crippen molar-refractivity contribution in [3.05, 3.63) is 84.4 Å². The van der Waals surface area contributed by atoms with Crippen LogP contribution in [0.2, 0.25) is 0 Å². The number of fused-ring (bicyclic) bond motifs is 1. The van der Waals surface area contributed by atoms with Crippen LogP contribution in [-0.2, 0) is 4.74 Å². The minimum Gasteiger partial charge on any atom is -0.497 e. The monoisotopic (exact) mass is 397 g/mol. The number of nitrogens with zero attached hydrogens (tertiary/aromatic N) is 3. The van der Waals surface area contributed by atoms with Gasteiger partial charge in [-0.25, -0.2) is 0 Å². The molecule has 1 aliphatic heterocycles. The van der Waals surface area contributed by atoms with E-state index in [1.54, 1.807) is 7.11 Å². The van der Waals surface area contributed by atoms with Crippen LogP contribution in [0.4, 0.5) is 5.82 Å². The Balaban J connectivity index is 1.35. The Morgan fingerprint density at radius 1 is 0.900 bits per heavy atom. The van der Waals surface area contributed by atoms with E-state index in [1.807, 2.05) is 48.5 Å². The highest BCUT2D eigenvalue weighted by Gasteiger charge is 2.23. The molecule has 0 N–H and O–H groups in total. The van der Waals surface area contributed by atoms with Gasteiger partial charge in [0, 0.05) is 18.7 Å². The molecule has 2 heterocycles. The van der Waals surface area contributed by atoms with E-state index in [9.17, 15) is 0 Å². The Kier molecular flexibility index (Phi) is 5.03. The quantitative estimate of drug-likeness (QED) is 0.491. The summed E-state index contributed by atoms with van der Waals surface area (Å²) in [5, 5.41) is 11.3. The molecule has 0 unspecified atom stereocenters. The summed E-state index contributed by atoms with van der Waals surface area (Å²) in [6, 6.07) is 26.8. The van der Waals surface area contributed by atoms with E-state index in [0.29, 0.717) is 6.61 Å². The summed E-state index contributed by atoms with van der Waals surface area (Å²) >= 11 is 0. The highest BCUT2D eigenvalue weighted by molar-refractivity contribution is 5.84. The Labute approximate surface area is 175 Å². The van der Waals surface area contributed by atoms with Crippen LogP contribution in [0.3, 0.4) is 0 Å². The molecule has 1 fully saturated rings. The van der Waals surface area contributed by atoms with Crippen LogP contribution in [0.5, 0.6) is 5.75 Å². The van der Waals surface area contributed by atoms with Gasteiger partial charge >= 0.3 is 0 Å². The lowest BCUT2D eigenvalue weighted by atomic mass is 10.0. The van der Waals surface area contributed by atoms with Gasteiger partial charge in [-0.05, 0) is 46.7 Å². The summed E-state index contributed by atoms with van der Waals surface area (Å²) in [6.45, 7) is 2.22. The predicted octanol–water partition coefficient (Wildman–Crippen LogP) is 4.88. The second-order valence-electron chi connectivity index (χ2n) is 7.42. The highest BCUT2D eigenvalue weighted by Crippen LogP contribution is 2.29. The fourth-order valence-electron chi connectivity index (χ4n) is 3.89. The summed E-state index contributed by atoms with van der Waals surface area (Å²) < 4.78 is 11.4. The molecule has 0 amide bonds. The molecule has 5 nitrogen and oxygen atoms in total. The van der Waals surface area contributed by atoms with E-state index >= 15 is 0 Å². The molecule has 3 aromatic carbocycles. The minimum atomic E-state index is 0.000788. The molecule has 5 heteroatoms. The van der Waals surface area contributed by atoms with Crippen LogP contribution in [0.25, 0.3) is 22.0 Å². The van der Waals surface area contributed by atoms with Crippen molar-refractivity contribution < 1.29 is 9.47 Å². The summed E-state index contributed by atoms with van der Waals surface area (Å²) in [5.41, 5.74) is 3.13. The van der Waals surface area contributed by atoms with E-state index in [0.717, 1.165) is 41.3 Å². The number of hydrogen-bond acceptors (Lipinski definition) is 5. The summed E-state index contributed by atoms with van der Waals surface area (Å²) in [4.78, 5) is 2.24. The number of methoxy groups -OCH3 is 1. The van der Waals surface area contributed by atoms with Crippen LogP contribution in [-0.4, -0.2) is 37.0 Å². The maximum atomic E-state index is 6.09. The van der Waals surface area contributed by atoms with Gasteiger partial charge in [0.2, 0.25) is 0 Å². The lowest BCUT2D eigenvalue weighted by Crippen LogP contribution is -2.39. The fraction of sp³-hybridized carbons (Fsp3) is 0.200. The van der Waals surface area contributed by atoms with Crippen molar-refractivity contribution in [1.29, 1.82) is 0 Å². The van der Waals surface area contributed by atoms with E-state index in [4.69, 9.17) is 9.47 Å². The van der Waals surface area contributed by atoms with E-state index in [1.165, 1.54) is 10.9 Å². The predicted molar refractivity (Wildman–Crippen MR) is 119 cm³/mol. The number of rotatable bonds is 4. The molecular weight excluding hydrogens is 374 g/mol. The van der Waals surface area contributed by atoms with Gasteiger partial charge in [-0.3, -0.25) is 0 Å². The van der Waals surface area contributed by atoms with Crippen molar-refractivity contribution >= 4 is 16.6 Å². The number of benzene rings is 3. The largest absolute Gasteiger partial charge is 0.497 e. The van der Waals surface area contributed by atoms with Crippen molar-refractivity contribution in [3.63, 3.8) is 0 Å². The van der Waals surface area contributed by atoms with Crippen molar-refractivity contribution in [1.82, 2.24) is 10.2 Å². The third-order valence-electron chi connectivity index (χ3n) is 5.55. The molecule has 0 saturated carbocycles. The van der Waals surface area contributed by atoms with Gasteiger partial charge in [-0.2, -0.15) is 0 Å². The van der Waals surface area contributed by atoms with E-state index in [2.05, 4.69) is 45.4 Å². The normalized spacial score (nSPS) is 16.6. The van der Waals surface area contributed by atoms with Crippen molar-refractivity contribution in [2.24, 2.45) is 0 Å². The number of aromatic nitrogens is 2.